The van der Waals surface area contributed by atoms with E-state index in [4.69, 9.17) is 4.74 Å². The van der Waals surface area contributed by atoms with Gasteiger partial charge in [-0.2, -0.15) is 0 Å². The van der Waals surface area contributed by atoms with Gasteiger partial charge in [0.2, 0.25) is 0 Å². The van der Waals surface area contributed by atoms with Gasteiger partial charge in [-0.1, -0.05) is 49.0 Å². The van der Waals surface area contributed by atoms with Gasteiger partial charge in [0.25, 0.3) is 0 Å². The van der Waals surface area contributed by atoms with Crippen molar-refractivity contribution >= 4 is 15.9 Å². The monoisotopic (exact) mass is 262 g/mol. The Morgan fingerprint density at radius 2 is 1.86 bits per heavy atom. The van der Waals surface area contributed by atoms with Gasteiger partial charge in [0, 0.05) is 5.33 Å². The zero-order valence-electron chi connectivity index (χ0n) is 9.47. The summed E-state index contributed by atoms with van der Waals surface area (Å²) in [6, 6.07) is 0. The smallest absolute Gasteiger partial charge is 0.0575 e. The lowest BCUT2D eigenvalue weighted by Gasteiger charge is -2.25. The van der Waals surface area contributed by atoms with Crippen LogP contribution in [0, 0.1) is 11.8 Å². The van der Waals surface area contributed by atoms with Crippen LogP contribution < -0.4 is 0 Å². The Kier molecular flexibility index (Phi) is 6.11. The summed E-state index contributed by atoms with van der Waals surface area (Å²) >= 11 is 3.56. The van der Waals surface area contributed by atoms with E-state index < -0.39 is 0 Å². The van der Waals surface area contributed by atoms with Crippen LogP contribution >= 0.6 is 15.9 Å². The molecule has 0 saturated heterocycles. The molecule has 0 spiro atoms. The number of hydrogen-bond donors (Lipinski definition) is 0. The third kappa shape index (κ3) is 4.31. The third-order valence-corrected chi connectivity index (χ3v) is 4.07. The van der Waals surface area contributed by atoms with Gasteiger partial charge in [-0.25, -0.2) is 0 Å². The Labute approximate surface area is 96.7 Å². The molecule has 1 saturated carbocycles. The highest BCUT2D eigenvalue weighted by Crippen LogP contribution is 2.22. The molecule has 1 aliphatic carbocycles. The van der Waals surface area contributed by atoms with Crippen LogP contribution in [-0.2, 0) is 4.74 Å². The normalized spacial score (nSPS) is 21.4. The molecule has 1 aliphatic rings. The Hall–Kier alpha value is 0.440. The molecule has 2 heteroatoms. The summed E-state index contributed by atoms with van der Waals surface area (Å²) in [5.74, 6) is 1.40. The van der Waals surface area contributed by atoms with Gasteiger partial charge >= 0.3 is 0 Å². The topological polar surface area (TPSA) is 9.23 Å². The van der Waals surface area contributed by atoms with Crippen LogP contribution in [0.1, 0.15) is 46.0 Å². The number of halogens is 1. The molecule has 0 aromatic rings. The Bertz CT molecular complexity index is 141. The van der Waals surface area contributed by atoms with Crippen molar-refractivity contribution in [3.05, 3.63) is 0 Å². The zero-order chi connectivity index (χ0) is 10.4. The molecule has 0 aromatic carbocycles. The van der Waals surface area contributed by atoms with E-state index >= 15 is 0 Å². The van der Waals surface area contributed by atoms with Crippen molar-refractivity contribution in [1.82, 2.24) is 0 Å². The van der Waals surface area contributed by atoms with Gasteiger partial charge in [0.1, 0.15) is 0 Å². The van der Waals surface area contributed by atoms with Crippen LogP contribution in [0.2, 0.25) is 0 Å². The average Bonchev–Trinajstić information content (AvgIpc) is 2.20. The summed E-state index contributed by atoms with van der Waals surface area (Å²) in [5.41, 5.74) is 0. The third-order valence-electron chi connectivity index (χ3n) is 3.24. The fourth-order valence-corrected chi connectivity index (χ4v) is 2.84. The van der Waals surface area contributed by atoms with Gasteiger partial charge in [-0.3, -0.25) is 0 Å². The summed E-state index contributed by atoms with van der Waals surface area (Å²) in [6.07, 6.45) is 7.27. The SMILES string of the molecule is CC(C)C(CBr)COC1CCCCC1. The van der Waals surface area contributed by atoms with E-state index in [-0.39, 0.29) is 0 Å². The van der Waals surface area contributed by atoms with Gasteiger partial charge < -0.3 is 4.74 Å². The lowest BCUT2D eigenvalue weighted by Crippen LogP contribution is -2.24. The fourth-order valence-electron chi connectivity index (χ4n) is 1.91. The second-order valence-electron chi connectivity index (χ2n) is 4.75. The first kappa shape index (κ1) is 12.5. The Balaban J connectivity index is 2.16. The number of ether oxygens (including phenoxy) is 1. The summed E-state index contributed by atoms with van der Waals surface area (Å²) in [4.78, 5) is 0. The van der Waals surface area contributed by atoms with Gasteiger partial charge in [0.05, 0.1) is 12.7 Å². The van der Waals surface area contributed by atoms with Crippen molar-refractivity contribution in [1.29, 1.82) is 0 Å². The summed E-state index contributed by atoms with van der Waals surface area (Å²) in [7, 11) is 0. The van der Waals surface area contributed by atoms with Crippen LogP contribution in [0.4, 0.5) is 0 Å². The largest absolute Gasteiger partial charge is 0.378 e. The lowest BCUT2D eigenvalue weighted by molar-refractivity contribution is 0.00431. The quantitative estimate of drug-likeness (QED) is 0.681. The average molecular weight is 263 g/mol. The standard InChI is InChI=1S/C12H23BrO/c1-10(2)11(8-13)9-14-12-6-4-3-5-7-12/h10-12H,3-9H2,1-2H3. The fraction of sp³-hybridized carbons (Fsp3) is 1.00. The number of rotatable bonds is 5. The predicted molar refractivity (Wildman–Crippen MR) is 64.9 cm³/mol. The molecular weight excluding hydrogens is 240 g/mol. The summed E-state index contributed by atoms with van der Waals surface area (Å²) in [5, 5.41) is 1.07. The van der Waals surface area contributed by atoms with E-state index in [0.29, 0.717) is 12.0 Å². The van der Waals surface area contributed by atoms with Crippen LogP contribution in [0.15, 0.2) is 0 Å². The molecule has 1 nitrogen and oxygen atoms in total. The molecule has 14 heavy (non-hydrogen) atoms. The van der Waals surface area contributed by atoms with Gasteiger partial charge in [-0.15, -0.1) is 0 Å². The lowest BCUT2D eigenvalue weighted by atomic mass is 9.96. The summed E-state index contributed by atoms with van der Waals surface area (Å²) in [6.45, 7) is 5.49. The number of hydrogen-bond acceptors (Lipinski definition) is 1. The molecule has 0 amide bonds. The van der Waals surface area contributed by atoms with E-state index in [1.165, 1.54) is 32.1 Å². The minimum atomic E-state index is 0.559. The van der Waals surface area contributed by atoms with E-state index in [2.05, 4.69) is 29.8 Å². The molecule has 0 radical (unpaired) electrons. The molecule has 1 rings (SSSR count). The number of alkyl halides is 1. The van der Waals surface area contributed by atoms with E-state index in [1.807, 2.05) is 0 Å². The van der Waals surface area contributed by atoms with E-state index in [0.717, 1.165) is 17.9 Å². The van der Waals surface area contributed by atoms with Crippen LogP contribution in [-0.4, -0.2) is 18.0 Å². The van der Waals surface area contributed by atoms with Gasteiger partial charge in [0.15, 0.2) is 0 Å². The van der Waals surface area contributed by atoms with Crippen molar-refractivity contribution in [2.45, 2.75) is 52.1 Å². The molecule has 1 atom stereocenters. The van der Waals surface area contributed by atoms with Crippen molar-refractivity contribution in [2.24, 2.45) is 11.8 Å². The zero-order valence-corrected chi connectivity index (χ0v) is 11.1. The molecule has 0 aliphatic heterocycles. The van der Waals surface area contributed by atoms with Crippen molar-refractivity contribution < 1.29 is 4.74 Å². The van der Waals surface area contributed by atoms with E-state index in [9.17, 15) is 0 Å². The molecule has 1 unspecified atom stereocenters. The minimum Gasteiger partial charge on any atom is -0.378 e. The maximum atomic E-state index is 5.97. The Morgan fingerprint density at radius 1 is 1.21 bits per heavy atom. The highest BCUT2D eigenvalue weighted by atomic mass is 79.9. The summed E-state index contributed by atoms with van der Waals surface area (Å²) < 4.78 is 5.97. The van der Waals surface area contributed by atoms with Crippen molar-refractivity contribution in [2.75, 3.05) is 11.9 Å². The molecule has 1 fully saturated rings. The van der Waals surface area contributed by atoms with Crippen LogP contribution in [0.3, 0.4) is 0 Å². The highest BCUT2D eigenvalue weighted by Gasteiger charge is 2.17. The van der Waals surface area contributed by atoms with Crippen molar-refractivity contribution in [3.63, 3.8) is 0 Å². The maximum absolute atomic E-state index is 5.97. The van der Waals surface area contributed by atoms with Gasteiger partial charge in [-0.05, 0) is 24.7 Å². The minimum absolute atomic E-state index is 0.559. The first-order valence-electron chi connectivity index (χ1n) is 5.91. The first-order valence-corrected chi connectivity index (χ1v) is 7.03. The second kappa shape index (κ2) is 6.84. The molecule has 0 heterocycles. The van der Waals surface area contributed by atoms with Crippen LogP contribution in [0.25, 0.3) is 0 Å². The molecule has 84 valence electrons. The first-order chi connectivity index (χ1) is 6.74. The van der Waals surface area contributed by atoms with E-state index in [1.54, 1.807) is 0 Å². The van der Waals surface area contributed by atoms with Crippen molar-refractivity contribution in [3.8, 4) is 0 Å². The molecule has 0 aromatic heterocycles. The van der Waals surface area contributed by atoms with Crippen LogP contribution in [0.5, 0.6) is 0 Å². The molecule has 0 bridgehead atoms. The predicted octanol–water partition coefficient (Wildman–Crippen LogP) is 4.00. The molecular formula is C12H23BrO. The molecule has 0 N–H and O–H groups in total. The Morgan fingerprint density at radius 3 is 2.36 bits per heavy atom. The maximum Gasteiger partial charge on any atom is 0.0575 e. The second-order valence-corrected chi connectivity index (χ2v) is 5.40. The highest BCUT2D eigenvalue weighted by molar-refractivity contribution is 9.09.